The average Bonchev–Trinajstić information content (AvgIpc) is 2.29. The predicted molar refractivity (Wildman–Crippen MR) is 67.2 cm³/mol. The van der Waals surface area contributed by atoms with Gasteiger partial charge >= 0.3 is 0 Å². The van der Waals surface area contributed by atoms with E-state index < -0.39 is 0 Å². The summed E-state index contributed by atoms with van der Waals surface area (Å²) in [7, 11) is 2.05. The molecule has 2 unspecified atom stereocenters. The van der Waals surface area contributed by atoms with Gasteiger partial charge < -0.3 is 10.2 Å². The van der Waals surface area contributed by atoms with Crippen molar-refractivity contribution in [3.8, 4) is 0 Å². The lowest BCUT2D eigenvalue weighted by molar-refractivity contribution is 0.168. The van der Waals surface area contributed by atoms with Crippen LogP contribution in [0.1, 0.15) is 46.0 Å². The Morgan fingerprint density at radius 2 is 2.27 bits per heavy atom. The highest BCUT2D eigenvalue weighted by Gasteiger charge is 2.17. The van der Waals surface area contributed by atoms with Gasteiger partial charge in [0, 0.05) is 12.6 Å². The molecule has 0 aromatic rings. The number of likely N-dealkylation sites (tertiary alicyclic amines) is 1. The van der Waals surface area contributed by atoms with Crippen LogP contribution in [0.25, 0.3) is 0 Å². The fourth-order valence-electron chi connectivity index (χ4n) is 2.45. The Hall–Kier alpha value is -0.0800. The molecule has 1 heterocycles. The zero-order chi connectivity index (χ0) is 11.1. The Labute approximate surface area is 95.4 Å². The van der Waals surface area contributed by atoms with Crippen molar-refractivity contribution in [1.29, 1.82) is 0 Å². The van der Waals surface area contributed by atoms with Gasteiger partial charge in [-0.05, 0) is 58.7 Å². The second-order valence-electron chi connectivity index (χ2n) is 5.05. The van der Waals surface area contributed by atoms with Gasteiger partial charge in [0.1, 0.15) is 0 Å². The molecule has 2 nitrogen and oxygen atoms in total. The van der Waals surface area contributed by atoms with E-state index in [0.717, 1.165) is 5.92 Å². The van der Waals surface area contributed by atoms with Crippen LogP contribution < -0.4 is 5.32 Å². The Morgan fingerprint density at radius 1 is 1.47 bits per heavy atom. The van der Waals surface area contributed by atoms with E-state index in [1.165, 1.54) is 51.7 Å². The van der Waals surface area contributed by atoms with Crippen LogP contribution in [0.3, 0.4) is 0 Å². The number of nitrogens with one attached hydrogen (secondary N) is 1. The van der Waals surface area contributed by atoms with E-state index in [0.29, 0.717) is 6.04 Å². The molecule has 1 fully saturated rings. The van der Waals surface area contributed by atoms with Gasteiger partial charge in [-0.1, -0.05) is 13.3 Å². The molecular weight excluding hydrogens is 184 g/mol. The zero-order valence-corrected chi connectivity index (χ0v) is 10.8. The molecule has 1 aliphatic heterocycles. The number of rotatable bonds is 6. The predicted octanol–water partition coefficient (Wildman–Crippen LogP) is 2.50. The van der Waals surface area contributed by atoms with Crippen molar-refractivity contribution in [3.63, 3.8) is 0 Å². The fourth-order valence-corrected chi connectivity index (χ4v) is 2.45. The highest BCUT2D eigenvalue weighted by atomic mass is 15.1. The van der Waals surface area contributed by atoms with Crippen LogP contribution in [-0.4, -0.2) is 37.6 Å². The summed E-state index contributed by atoms with van der Waals surface area (Å²) in [6, 6.07) is 0.678. The maximum atomic E-state index is 3.30. The third kappa shape index (κ3) is 4.98. The minimum absolute atomic E-state index is 0.678. The van der Waals surface area contributed by atoms with E-state index >= 15 is 0 Å². The molecule has 0 spiro atoms. The highest BCUT2D eigenvalue weighted by Crippen LogP contribution is 2.19. The molecule has 0 bridgehead atoms. The first-order chi connectivity index (χ1) is 7.26. The number of hydrogen-bond acceptors (Lipinski definition) is 2. The Kier molecular flexibility index (Phi) is 6.26. The van der Waals surface area contributed by atoms with Crippen molar-refractivity contribution in [1.82, 2.24) is 10.2 Å². The molecule has 0 saturated carbocycles. The first-order valence-electron chi connectivity index (χ1n) is 6.65. The normalized spacial score (nSPS) is 25.4. The summed E-state index contributed by atoms with van der Waals surface area (Å²) in [4.78, 5) is 2.67. The molecule has 0 radical (unpaired) electrons. The number of piperidine rings is 1. The van der Waals surface area contributed by atoms with Crippen LogP contribution in [0.5, 0.6) is 0 Å². The standard InChI is InChI=1S/C13H28N2/c1-4-13-8-6-10-15(11-13)9-5-7-12(2)14-3/h12-14H,4-11H2,1-3H3. The topological polar surface area (TPSA) is 15.3 Å². The molecule has 0 amide bonds. The second-order valence-corrected chi connectivity index (χ2v) is 5.05. The molecule has 1 aliphatic rings. The van der Waals surface area contributed by atoms with Gasteiger partial charge in [0.2, 0.25) is 0 Å². The van der Waals surface area contributed by atoms with E-state index in [1.54, 1.807) is 0 Å². The second kappa shape index (κ2) is 7.24. The molecule has 2 atom stereocenters. The Bertz CT molecular complexity index is 159. The SMILES string of the molecule is CCC1CCCN(CCCC(C)NC)C1. The van der Waals surface area contributed by atoms with E-state index in [1.807, 2.05) is 0 Å². The summed E-state index contributed by atoms with van der Waals surface area (Å²) in [5, 5.41) is 3.30. The highest BCUT2D eigenvalue weighted by molar-refractivity contribution is 4.72. The third-order valence-electron chi connectivity index (χ3n) is 3.78. The van der Waals surface area contributed by atoms with Gasteiger partial charge in [-0.3, -0.25) is 0 Å². The lowest BCUT2D eigenvalue weighted by Crippen LogP contribution is -2.36. The Balaban J connectivity index is 2.10. The van der Waals surface area contributed by atoms with Gasteiger partial charge in [0.05, 0.1) is 0 Å². The van der Waals surface area contributed by atoms with Crippen molar-refractivity contribution in [2.75, 3.05) is 26.7 Å². The number of nitrogens with zero attached hydrogens (tertiary/aromatic N) is 1. The average molecular weight is 212 g/mol. The molecule has 90 valence electrons. The summed E-state index contributed by atoms with van der Waals surface area (Å²) < 4.78 is 0. The first-order valence-corrected chi connectivity index (χ1v) is 6.65. The molecule has 0 aromatic heterocycles. The zero-order valence-electron chi connectivity index (χ0n) is 10.8. The van der Waals surface area contributed by atoms with Crippen molar-refractivity contribution in [3.05, 3.63) is 0 Å². The summed E-state index contributed by atoms with van der Waals surface area (Å²) in [6.07, 6.45) is 6.89. The summed E-state index contributed by atoms with van der Waals surface area (Å²) in [6.45, 7) is 8.60. The molecule has 1 rings (SSSR count). The van der Waals surface area contributed by atoms with Crippen molar-refractivity contribution >= 4 is 0 Å². The van der Waals surface area contributed by atoms with E-state index in [4.69, 9.17) is 0 Å². The summed E-state index contributed by atoms with van der Waals surface area (Å²) >= 11 is 0. The first kappa shape index (κ1) is 13.0. The van der Waals surface area contributed by atoms with Crippen LogP contribution in [0, 0.1) is 5.92 Å². The van der Waals surface area contributed by atoms with Gasteiger partial charge in [-0.2, -0.15) is 0 Å². The van der Waals surface area contributed by atoms with E-state index in [-0.39, 0.29) is 0 Å². The van der Waals surface area contributed by atoms with Crippen LogP contribution in [0.15, 0.2) is 0 Å². The van der Waals surface area contributed by atoms with Crippen molar-refractivity contribution in [2.45, 2.75) is 52.0 Å². The minimum Gasteiger partial charge on any atom is -0.317 e. The minimum atomic E-state index is 0.678. The molecule has 15 heavy (non-hydrogen) atoms. The summed E-state index contributed by atoms with van der Waals surface area (Å²) in [5.41, 5.74) is 0. The molecule has 2 heteroatoms. The van der Waals surface area contributed by atoms with Crippen LogP contribution in [-0.2, 0) is 0 Å². The summed E-state index contributed by atoms with van der Waals surface area (Å²) in [5.74, 6) is 0.973. The quantitative estimate of drug-likeness (QED) is 0.728. The van der Waals surface area contributed by atoms with E-state index in [9.17, 15) is 0 Å². The lowest BCUT2D eigenvalue weighted by atomic mass is 9.95. The van der Waals surface area contributed by atoms with Crippen molar-refractivity contribution < 1.29 is 0 Å². The molecule has 0 aromatic carbocycles. The largest absolute Gasteiger partial charge is 0.317 e. The molecule has 0 aliphatic carbocycles. The van der Waals surface area contributed by atoms with Gasteiger partial charge in [0.25, 0.3) is 0 Å². The fraction of sp³-hybridized carbons (Fsp3) is 1.00. The smallest absolute Gasteiger partial charge is 0.00362 e. The monoisotopic (exact) mass is 212 g/mol. The third-order valence-corrected chi connectivity index (χ3v) is 3.78. The van der Waals surface area contributed by atoms with Crippen LogP contribution in [0.4, 0.5) is 0 Å². The van der Waals surface area contributed by atoms with Gasteiger partial charge in [-0.25, -0.2) is 0 Å². The van der Waals surface area contributed by atoms with Crippen molar-refractivity contribution in [2.24, 2.45) is 5.92 Å². The van der Waals surface area contributed by atoms with Gasteiger partial charge in [-0.15, -0.1) is 0 Å². The number of hydrogen-bond donors (Lipinski definition) is 1. The van der Waals surface area contributed by atoms with Crippen LogP contribution >= 0.6 is 0 Å². The van der Waals surface area contributed by atoms with Crippen LogP contribution in [0.2, 0.25) is 0 Å². The van der Waals surface area contributed by atoms with E-state index in [2.05, 4.69) is 31.1 Å². The van der Waals surface area contributed by atoms with Gasteiger partial charge in [0.15, 0.2) is 0 Å². The Morgan fingerprint density at radius 3 is 2.93 bits per heavy atom. The maximum absolute atomic E-state index is 3.30. The molecule has 1 N–H and O–H groups in total. The molecular formula is C13H28N2. The lowest BCUT2D eigenvalue weighted by Gasteiger charge is -2.32. The molecule has 1 saturated heterocycles. The maximum Gasteiger partial charge on any atom is 0.00362 e.